The summed E-state index contributed by atoms with van der Waals surface area (Å²) in [7, 11) is 3.33. The summed E-state index contributed by atoms with van der Waals surface area (Å²) in [5.74, 6) is 0.474. The molecule has 1 aromatic heterocycles. The van der Waals surface area contributed by atoms with Crippen molar-refractivity contribution in [2.24, 2.45) is 7.05 Å². The highest BCUT2D eigenvalue weighted by molar-refractivity contribution is 7.99. The third-order valence-corrected chi connectivity index (χ3v) is 5.44. The minimum Gasteiger partial charge on any atom is -0.497 e. The summed E-state index contributed by atoms with van der Waals surface area (Å²) in [6.45, 7) is 1.81. The second-order valence-corrected chi connectivity index (χ2v) is 7.61. The fraction of sp³-hybridized carbons (Fsp3) is 0.238. The Morgan fingerprint density at radius 2 is 1.81 bits per heavy atom. The van der Waals surface area contributed by atoms with Gasteiger partial charge in [0.25, 0.3) is 5.91 Å². The number of anilines is 1. The SMILES string of the molecule is COc1ccc(C(=O)NC(C)c2nnc(SCC(=O)Nc3ccc(F)cc3)n2C)cc1. The molecule has 1 atom stereocenters. The monoisotopic (exact) mass is 443 g/mol. The number of amides is 2. The summed E-state index contributed by atoms with van der Waals surface area (Å²) in [5.41, 5.74) is 1.02. The first-order chi connectivity index (χ1) is 14.9. The zero-order valence-electron chi connectivity index (χ0n) is 17.3. The molecule has 0 saturated heterocycles. The van der Waals surface area contributed by atoms with Crippen molar-refractivity contribution >= 4 is 29.3 Å². The van der Waals surface area contributed by atoms with Gasteiger partial charge in [-0.05, 0) is 55.5 Å². The molecule has 2 aromatic carbocycles. The summed E-state index contributed by atoms with van der Waals surface area (Å²) in [4.78, 5) is 24.6. The van der Waals surface area contributed by atoms with Crippen molar-refractivity contribution in [3.8, 4) is 5.75 Å². The highest BCUT2D eigenvalue weighted by atomic mass is 32.2. The highest BCUT2D eigenvalue weighted by Gasteiger charge is 2.19. The van der Waals surface area contributed by atoms with Crippen molar-refractivity contribution in [2.45, 2.75) is 18.1 Å². The topological polar surface area (TPSA) is 98.1 Å². The van der Waals surface area contributed by atoms with Crippen LogP contribution in [0.25, 0.3) is 0 Å². The molecule has 1 heterocycles. The number of nitrogens with zero attached hydrogens (tertiary/aromatic N) is 3. The van der Waals surface area contributed by atoms with E-state index in [1.54, 1.807) is 49.9 Å². The molecule has 0 aliphatic carbocycles. The normalized spacial score (nSPS) is 11.6. The van der Waals surface area contributed by atoms with E-state index in [-0.39, 0.29) is 23.4 Å². The lowest BCUT2D eigenvalue weighted by molar-refractivity contribution is -0.113. The molecule has 2 N–H and O–H groups in total. The number of ether oxygens (including phenoxy) is 1. The van der Waals surface area contributed by atoms with Crippen molar-refractivity contribution < 1.29 is 18.7 Å². The predicted molar refractivity (Wildman–Crippen MR) is 116 cm³/mol. The van der Waals surface area contributed by atoms with Gasteiger partial charge in [-0.2, -0.15) is 0 Å². The molecule has 8 nitrogen and oxygen atoms in total. The average Bonchev–Trinajstić information content (AvgIpc) is 3.14. The number of thioether (sulfide) groups is 1. The number of rotatable bonds is 8. The molecule has 0 aliphatic heterocycles. The molecule has 0 bridgehead atoms. The van der Waals surface area contributed by atoms with E-state index in [1.807, 2.05) is 0 Å². The lowest BCUT2D eigenvalue weighted by atomic mass is 10.2. The largest absolute Gasteiger partial charge is 0.497 e. The summed E-state index contributed by atoms with van der Waals surface area (Å²) in [6.07, 6.45) is 0. The van der Waals surface area contributed by atoms with Crippen LogP contribution in [0.15, 0.2) is 53.7 Å². The van der Waals surface area contributed by atoms with Crippen molar-refractivity contribution in [3.05, 3.63) is 65.7 Å². The number of carbonyl (C=O) groups is 2. The average molecular weight is 444 g/mol. The van der Waals surface area contributed by atoms with E-state index in [0.29, 0.717) is 28.0 Å². The van der Waals surface area contributed by atoms with Gasteiger partial charge in [0.2, 0.25) is 5.91 Å². The number of benzene rings is 2. The van der Waals surface area contributed by atoms with E-state index in [2.05, 4.69) is 20.8 Å². The Morgan fingerprint density at radius 1 is 1.13 bits per heavy atom. The lowest BCUT2D eigenvalue weighted by Crippen LogP contribution is -2.28. The Bertz CT molecular complexity index is 1050. The first-order valence-corrected chi connectivity index (χ1v) is 10.4. The molecule has 0 aliphatic rings. The Kier molecular flexibility index (Phi) is 7.24. The van der Waals surface area contributed by atoms with E-state index in [0.717, 1.165) is 0 Å². The van der Waals surface area contributed by atoms with Crippen molar-refractivity contribution in [3.63, 3.8) is 0 Å². The van der Waals surface area contributed by atoms with Crippen LogP contribution < -0.4 is 15.4 Å². The molecular formula is C21H22FN5O3S. The number of nitrogens with one attached hydrogen (secondary N) is 2. The van der Waals surface area contributed by atoms with E-state index in [4.69, 9.17) is 4.74 Å². The van der Waals surface area contributed by atoms with Crippen molar-refractivity contribution in [2.75, 3.05) is 18.2 Å². The molecule has 0 saturated carbocycles. The van der Waals surface area contributed by atoms with E-state index in [1.165, 1.54) is 36.0 Å². The summed E-state index contributed by atoms with van der Waals surface area (Å²) < 4.78 is 19.8. The molecule has 2 amide bonds. The van der Waals surface area contributed by atoms with Gasteiger partial charge >= 0.3 is 0 Å². The van der Waals surface area contributed by atoms with Crippen LogP contribution in [0.1, 0.15) is 29.1 Å². The second kappa shape index (κ2) is 10.1. The molecule has 3 rings (SSSR count). The summed E-state index contributed by atoms with van der Waals surface area (Å²) in [5, 5.41) is 14.4. The Labute approximate surface area is 183 Å². The number of methoxy groups -OCH3 is 1. The van der Waals surface area contributed by atoms with E-state index in [9.17, 15) is 14.0 Å². The summed E-state index contributed by atoms with van der Waals surface area (Å²) >= 11 is 1.21. The van der Waals surface area contributed by atoms with Crippen LogP contribution >= 0.6 is 11.8 Å². The van der Waals surface area contributed by atoms with Gasteiger partial charge in [-0.25, -0.2) is 4.39 Å². The fourth-order valence-electron chi connectivity index (χ4n) is 2.78. The van der Waals surface area contributed by atoms with Crippen LogP contribution in [0.2, 0.25) is 0 Å². The molecule has 10 heteroatoms. The molecule has 3 aromatic rings. The van der Waals surface area contributed by atoms with Gasteiger partial charge in [0.1, 0.15) is 11.6 Å². The van der Waals surface area contributed by atoms with E-state index < -0.39 is 6.04 Å². The van der Waals surface area contributed by atoms with Gasteiger partial charge in [-0.3, -0.25) is 9.59 Å². The van der Waals surface area contributed by atoms with Crippen LogP contribution in [-0.4, -0.2) is 39.4 Å². The summed E-state index contributed by atoms with van der Waals surface area (Å²) in [6, 6.07) is 11.9. The molecule has 0 fully saturated rings. The molecule has 1 unspecified atom stereocenters. The number of carbonyl (C=O) groups excluding carboxylic acids is 2. The molecule has 0 radical (unpaired) electrons. The predicted octanol–water partition coefficient (Wildman–Crippen LogP) is 3.18. The molecule has 0 spiro atoms. The molecule has 162 valence electrons. The lowest BCUT2D eigenvalue weighted by Gasteiger charge is -2.14. The minimum atomic E-state index is -0.394. The van der Waals surface area contributed by atoms with Gasteiger partial charge in [0.15, 0.2) is 11.0 Å². The number of halogens is 1. The van der Waals surface area contributed by atoms with Crippen LogP contribution in [-0.2, 0) is 11.8 Å². The first-order valence-electron chi connectivity index (χ1n) is 9.40. The van der Waals surface area contributed by atoms with Crippen LogP contribution in [0.5, 0.6) is 5.75 Å². The minimum absolute atomic E-state index is 0.107. The number of hydrogen-bond acceptors (Lipinski definition) is 6. The van der Waals surface area contributed by atoms with Gasteiger partial charge < -0.3 is 19.9 Å². The second-order valence-electron chi connectivity index (χ2n) is 6.67. The molecular weight excluding hydrogens is 421 g/mol. The quantitative estimate of drug-likeness (QED) is 0.519. The Balaban J connectivity index is 1.56. The zero-order chi connectivity index (χ0) is 22.4. The number of aromatic nitrogens is 3. The highest BCUT2D eigenvalue weighted by Crippen LogP contribution is 2.20. The Morgan fingerprint density at radius 3 is 2.45 bits per heavy atom. The van der Waals surface area contributed by atoms with Gasteiger partial charge in [-0.15, -0.1) is 10.2 Å². The maximum atomic E-state index is 12.9. The van der Waals surface area contributed by atoms with Crippen molar-refractivity contribution in [1.29, 1.82) is 0 Å². The third-order valence-electron chi connectivity index (χ3n) is 4.42. The van der Waals surface area contributed by atoms with Gasteiger partial charge in [-0.1, -0.05) is 11.8 Å². The van der Waals surface area contributed by atoms with Crippen LogP contribution in [0, 0.1) is 5.82 Å². The van der Waals surface area contributed by atoms with Gasteiger partial charge in [0.05, 0.1) is 18.9 Å². The maximum absolute atomic E-state index is 12.9. The maximum Gasteiger partial charge on any atom is 0.251 e. The zero-order valence-corrected chi connectivity index (χ0v) is 18.1. The van der Waals surface area contributed by atoms with Crippen molar-refractivity contribution in [1.82, 2.24) is 20.1 Å². The van der Waals surface area contributed by atoms with Crippen LogP contribution in [0.3, 0.4) is 0 Å². The fourth-order valence-corrected chi connectivity index (χ4v) is 3.49. The van der Waals surface area contributed by atoms with E-state index >= 15 is 0 Å². The molecule has 31 heavy (non-hydrogen) atoms. The van der Waals surface area contributed by atoms with Gasteiger partial charge in [0, 0.05) is 18.3 Å². The van der Waals surface area contributed by atoms with Crippen LogP contribution in [0.4, 0.5) is 10.1 Å². The number of hydrogen-bond donors (Lipinski definition) is 2. The Hall–Kier alpha value is -3.40. The smallest absolute Gasteiger partial charge is 0.251 e. The standard InChI is InChI=1S/C21H22FN5O3S/c1-13(23-20(29)14-4-10-17(30-3)11-5-14)19-25-26-21(27(19)2)31-12-18(28)24-16-8-6-15(22)7-9-16/h4-11,13H,12H2,1-3H3,(H,23,29)(H,24,28). The first kappa shape index (κ1) is 22.3. The third kappa shape index (κ3) is 5.82.